The molecular formula is C13H17ClN2O3. The summed E-state index contributed by atoms with van der Waals surface area (Å²) in [4.78, 5) is 22.9. The molecule has 1 atom stereocenters. The molecule has 0 aromatic heterocycles. The third kappa shape index (κ3) is 4.54. The second-order valence-corrected chi connectivity index (χ2v) is 4.59. The second-order valence-electron chi connectivity index (χ2n) is 4.18. The number of hydrogen-bond acceptors (Lipinski definition) is 3. The molecule has 6 heteroatoms. The number of benzene rings is 1. The third-order valence-corrected chi connectivity index (χ3v) is 2.86. The molecule has 1 amide bonds. The Kier molecular flexibility index (Phi) is 5.79. The lowest BCUT2D eigenvalue weighted by atomic mass is 10.1. The Morgan fingerprint density at radius 3 is 2.68 bits per heavy atom. The van der Waals surface area contributed by atoms with Gasteiger partial charge in [-0.3, -0.25) is 4.79 Å². The standard InChI is InChI=1S/C13H17ClN2O3/c1-3-15-8(2)7-11(17)16-10-6-4-5-9(14)12(10)13(18)19/h4-6,8,15H,3,7H2,1-2H3,(H,16,17)(H,18,19). The number of carboxylic acids is 1. The lowest BCUT2D eigenvalue weighted by molar-refractivity contribution is -0.116. The molecule has 0 aliphatic heterocycles. The van der Waals surface area contributed by atoms with Crippen LogP contribution in [0.1, 0.15) is 30.6 Å². The fourth-order valence-corrected chi connectivity index (χ4v) is 2.00. The van der Waals surface area contributed by atoms with Gasteiger partial charge in [-0.25, -0.2) is 4.79 Å². The minimum Gasteiger partial charge on any atom is -0.478 e. The lowest BCUT2D eigenvalue weighted by Crippen LogP contribution is -2.30. The molecular weight excluding hydrogens is 268 g/mol. The summed E-state index contributed by atoms with van der Waals surface area (Å²) < 4.78 is 0. The fraction of sp³-hybridized carbons (Fsp3) is 0.385. The second kappa shape index (κ2) is 7.11. The van der Waals surface area contributed by atoms with Crippen molar-refractivity contribution in [1.82, 2.24) is 5.32 Å². The van der Waals surface area contributed by atoms with E-state index >= 15 is 0 Å². The monoisotopic (exact) mass is 284 g/mol. The highest BCUT2D eigenvalue weighted by molar-refractivity contribution is 6.34. The summed E-state index contributed by atoms with van der Waals surface area (Å²) in [6, 6.07) is 4.61. The maximum atomic E-state index is 11.8. The largest absolute Gasteiger partial charge is 0.478 e. The average Bonchev–Trinajstić information content (AvgIpc) is 2.28. The van der Waals surface area contributed by atoms with E-state index in [1.807, 2.05) is 13.8 Å². The lowest BCUT2D eigenvalue weighted by Gasteiger charge is -2.13. The van der Waals surface area contributed by atoms with Crippen LogP contribution in [0.3, 0.4) is 0 Å². The van der Waals surface area contributed by atoms with E-state index in [9.17, 15) is 9.59 Å². The van der Waals surface area contributed by atoms with Gasteiger partial charge in [-0.2, -0.15) is 0 Å². The molecule has 1 aromatic carbocycles. The Morgan fingerprint density at radius 1 is 1.42 bits per heavy atom. The van der Waals surface area contributed by atoms with Crippen LogP contribution in [0.5, 0.6) is 0 Å². The van der Waals surface area contributed by atoms with Crippen molar-refractivity contribution in [3.8, 4) is 0 Å². The molecule has 104 valence electrons. The summed E-state index contributed by atoms with van der Waals surface area (Å²) in [5.74, 6) is -1.42. The van der Waals surface area contributed by atoms with Gasteiger partial charge in [-0.1, -0.05) is 24.6 Å². The van der Waals surface area contributed by atoms with Gasteiger partial charge in [0.25, 0.3) is 0 Å². The minimum absolute atomic E-state index is 0.0254. The first-order valence-corrected chi connectivity index (χ1v) is 6.38. The van der Waals surface area contributed by atoms with Gasteiger partial charge in [-0.15, -0.1) is 0 Å². The van der Waals surface area contributed by atoms with Crippen molar-refractivity contribution >= 4 is 29.2 Å². The summed E-state index contributed by atoms with van der Waals surface area (Å²) in [5, 5.41) is 14.9. The maximum Gasteiger partial charge on any atom is 0.339 e. The number of aromatic carboxylic acids is 1. The van der Waals surface area contributed by atoms with Crippen LogP contribution in [0.4, 0.5) is 5.69 Å². The molecule has 0 aliphatic carbocycles. The van der Waals surface area contributed by atoms with Crippen LogP contribution in [0.25, 0.3) is 0 Å². The van der Waals surface area contributed by atoms with Crippen LogP contribution in [-0.2, 0) is 4.79 Å². The number of rotatable bonds is 6. The molecule has 3 N–H and O–H groups in total. The Labute approximate surface area is 117 Å². The Bertz CT molecular complexity index is 477. The van der Waals surface area contributed by atoms with Crippen LogP contribution in [0.2, 0.25) is 5.02 Å². The zero-order valence-electron chi connectivity index (χ0n) is 10.9. The number of carboxylic acid groups (broad SMARTS) is 1. The number of carbonyl (C=O) groups excluding carboxylic acids is 1. The van der Waals surface area contributed by atoms with Crippen LogP contribution in [0, 0.1) is 0 Å². The van der Waals surface area contributed by atoms with Gasteiger partial charge in [0.05, 0.1) is 10.7 Å². The molecule has 0 radical (unpaired) electrons. The van der Waals surface area contributed by atoms with Crippen LogP contribution in [0.15, 0.2) is 18.2 Å². The van der Waals surface area contributed by atoms with Gasteiger partial charge >= 0.3 is 5.97 Å². The van der Waals surface area contributed by atoms with Crippen LogP contribution >= 0.6 is 11.6 Å². The van der Waals surface area contributed by atoms with Crippen molar-refractivity contribution in [3.63, 3.8) is 0 Å². The predicted octanol–water partition coefficient (Wildman–Crippen LogP) is 2.36. The molecule has 19 heavy (non-hydrogen) atoms. The average molecular weight is 285 g/mol. The number of halogens is 1. The smallest absolute Gasteiger partial charge is 0.339 e. The van der Waals surface area contributed by atoms with E-state index in [0.717, 1.165) is 6.54 Å². The van der Waals surface area contributed by atoms with E-state index in [1.54, 1.807) is 6.07 Å². The summed E-state index contributed by atoms with van der Waals surface area (Å²) >= 11 is 5.82. The molecule has 0 aliphatic rings. The predicted molar refractivity (Wildman–Crippen MR) is 74.8 cm³/mol. The van der Waals surface area contributed by atoms with Gasteiger partial charge in [0.2, 0.25) is 5.91 Å². The van der Waals surface area contributed by atoms with Crippen molar-refractivity contribution < 1.29 is 14.7 Å². The topological polar surface area (TPSA) is 78.4 Å². The van der Waals surface area contributed by atoms with E-state index in [2.05, 4.69) is 10.6 Å². The van der Waals surface area contributed by atoms with Gasteiger partial charge in [0.1, 0.15) is 5.56 Å². The molecule has 0 bridgehead atoms. The Balaban J connectivity index is 2.80. The van der Waals surface area contributed by atoms with Crippen molar-refractivity contribution in [1.29, 1.82) is 0 Å². The highest BCUT2D eigenvalue weighted by Gasteiger charge is 2.16. The van der Waals surface area contributed by atoms with Gasteiger partial charge in [-0.05, 0) is 25.6 Å². The molecule has 1 unspecified atom stereocenters. The van der Waals surface area contributed by atoms with Crippen LogP contribution < -0.4 is 10.6 Å². The Hall–Kier alpha value is -1.59. The first kappa shape index (κ1) is 15.5. The molecule has 1 aromatic rings. The summed E-state index contributed by atoms with van der Waals surface area (Å²) in [7, 11) is 0. The minimum atomic E-state index is -1.17. The summed E-state index contributed by atoms with van der Waals surface area (Å²) in [6.45, 7) is 4.61. The quantitative estimate of drug-likeness (QED) is 0.749. The van der Waals surface area contributed by atoms with Crippen molar-refractivity contribution in [3.05, 3.63) is 28.8 Å². The van der Waals surface area contributed by atoms with Crippen molar-refractivity contribution in [2.45, 2.75) is 26.3 Å². The zero-order chi connectivity index (χ0) is 14.4. The zero-order valence-corrected chi connectivity index (χ0v) is 11.6. The van der Waals surface area contributed by atoms with E-state index < -0.39 is 5.97 Å². The van der Waals surface area contributed by atoms with E-state index in [-0.39, 0.29) is 34.6 Å². The molecule has 5 nitrogen and oxygen atoms in total. The fourth-order valence-electron chi connectivity index (χ4n) is 1.75. The first-order valence-electron chi connectivity index (χ1n) is 6.00. The highest BCUT2D eigenvalue weighted by atomic mass is 35.5. The van der Waals surface area contributed by atoms with Gasteiger partial charge < -0.3 is 15.7 Å². The SMILES string of the molecule is CCNC(C)CC(=O)Nc1cccc(Cl)c1C(=O)O. The van der Waals surface area contributed by atoms with E-state index in [4.69, 9.17) is 16.7 Å². The number of amides is 1. The number of nitrogens with one attached hydrogen (secondary N) is 2. The summed E-state index contributed by atoms with van der Waals surface area (Å²) in [6.07, 6.45) is 0.263. The van der Waals surface area contributed by atoms with Gasteiger partial charge in [0, 0.05) is 12.5 Å². The molecule has 0 saturated carbocycles. The van der Waals surface area contributed by atoms with Gasteiger partial charge in [0.15, 0.2) is 0 Å². The van der Waals surface area contributed by atoms with Crippen LogP contribution in [-0.4, -0.2) is 29.6 Å². The molecule has 0 heterocycles. The number of carbonyl (C=O) groups is 2. The number of anilines is 1. The normalized spacial score (nSPS) is 11.9. The molecule has 0 spiro atoms. The molecule has 0 fully saturated rings. The van der Waals surface area contributed by atoms with Crippen molar-refractivity contribution in [2.24, 2.45) is 0 Å². The highest BCUT2D eigenvalue weighted by Crippen LogP contribution is 2.24. The van der Waals surface area contributed by atoms with E-state index in [0.29, 0.717) is 0 Å². The maximum absolute atomic E-state index is 11.8. The molecule has 0 saturated heterocycles. The summed E-state index contributed by atoms with van der Waals surface area (Å²) in [5.41, 5.74) is 0.127. The number of hydrogen-bond donors (Lipinski definition) is 3. The molecule has 1 rings (SSSR count). The Morgan fingerprint density at radius 2 is 2.11 bits per heavy atom. The first-order chi connectivity index (χ1) is 8.95. The third-order valence-electron chi connectivity index (χ3n) is 2.55. The van der Waals surface area contributed by atoms with E-state index in [1.165, 1.54) is 12.1 Å². The van der Waals surface area contributed by atoms with Crippen molar-refractivity contribution in [2.75, 3.05) is 11.9 Å².